The van der Waals surface area contributed by atoms with Crippen LogP contribution in [0.5, 0.6) is 11.5 Å². The number of halogens is 1. The van der Waals surface area contributed by atoms with Crippen LogP contribution in [0.15, 0.2) is 42.5 Å². The van der Waals surface area contributed by atoms with Crippen molar-refractivity contribution in [3.63, 3.8) is 0 Å². The minimum absolute atomic E-state index is 0.168. The Labute approximate surface area is 173 Å². The first kappa shape index (κ1) is 21.0. The lowest BCUT2D eigenvalue weighted by molar-refractivity contribution is 0.0239. The first-order chi connectivity index (χ1) is 13.6. The fraction of sp³-hybridized carbons (Fsp3) is 0.478. The molecule has 2 aromatic carbocycles. The summed E-state index contributed by atoms with van der Waals surface area (Å²) in [7, 11) is 0. The Morgan fingerprint density at radius 3 is 2.54 bits per heavy atom. The molecule has 1 aliphatic rings. The average molecular weight is 404 g/mol. The number of piperidine rings is 1. The van der Waals surface area contributed by atoms with Crippen LogP contribution in [0.2, 0.25) is 5.02 Å². The molecule has 1 aliphatic heterocycles. The van der Waals surface area contributed by atoms with Crippen molar-refractivity contribution in [2.75, 3.05) is 26.3 Å². The average Bonchev–Trinajstić information content (AvgIpc) is 2.68. The molecule has 5 heteroatoms. The maximum Gasteiger partial charge on any atom is 0.179 e. The third-order valence-electron chi connectivity index (χ3n) is 5.18. The van der Waals surface area contributed by atoms with Crippen LogP contribution in [0.25, 0.3) is 0 Å². The van der Waals surface area contributed by atoms with Crippen molar-refractivity contribution in [3.8, 4) is 11.5 Å². The number of hydrogen-bond acceptors (Lipinski definition) is 4. The monoisotopic (exact) mass is 403 g/mol. The smallest absolute Gasteiger partial charge is 0.179 e. The van der Waals surface area contributed by atoms with Crippen molar-refractivity contribution in [3.05, 3.63) is 58.6 Å². The zero-order valence-corrected chi connectivity index (χ0v) is 17.5. The summed E-state index contributed by atoms with van der Waals surface area (Å²) in [6.07, 6.45) is 1.26. The number of nitrogens with zero attached hydrogens (tertiary/aromatic N) is 1. The number of aliphatic hydroxyl groups is 1. The fourth-order valence-corrected chi connectivity index (χ4v) is 4.16. The molecule has 0 bridgehead atoms. The van der Waals surface area contributed by atoms with Gasteiger partial charge in [-0.05, 0) is 49.9 Å². The molecule has 2 aromatic rings. The maximum absolute atomic E-state index is 10.6. The van der Waals surface area contributed by atoms with Gasteiger partial charge in [0.15, 0.2) is 11.5 Å². The zero-order chi connectivity index (χ0) is 19.9. The summed E-state index contributed by atoms with van der Waals surface area (Å²) < 4.78 is 11.4. The molecule has 4 nitrogen and oxygen atoms in total. The number of hydrogen-bond donors (Lipinski definition) is 1. The van der Waals surface area contributed by atoms with Gasteiger partial charge in [-0.3, -0.25) is 4.90 Å². The highest BCUT2D eigenvalue weighted by atomic mass is 35.5. The molecule has 28 heavy (non-hydrogen) atoms. The molecule has 0 spiro atoms. The molecule has 0 radical (unpaired) electrons. The summed E-state index contributed by atoms with van der Waals surface area (Å²) in [6.45, 7) is 7.66. The first-order valence-corrected chi connectivity index (χ1v) is 10.5. The van der Waals surface area contributed by atoms with Gasteiger partial charge >= 0.3 is 0 Å². The third kappa shape index (κ3) is 5.40. The van der Waals surface area contributed by atoms with Crippen LogP contribution in [-0.4, -0.2) is 42.4 Å². The fourth-order valence-electron chi connectivity index (χ4n) is 3.87. The third-order valence-corrected chi connectivity index (χ3v) is 5.46. The van der Waals surface area contributed by atoms with Gasteiger partial charge in [0.05, 0.1) is 24.3 Å². The van der Waals surface area contributed by atoms with E-state index in [1.165, 1.54) is 5.56 Å². The van der Waals surface area contributed by atoms with E-state index in [1.54, 1.807) is 0 Å². The van der Waals surface area contributed by atoms with Crippen molar-refractivity contribution in [2.24, 2.45) is 5.92 Å². The molecule has 1 heterocycles. The Hall–Kier alpha value is -1.75. The Bertz CT molecular complexity index is 753. The number of rotatable bonds is 8. The van der Waals surface area contributed by atoms with Crippen molar-refractivity contribution in [2.45, 2.75) is 39.3 Å². The Morgan fingerprint density at radius 1 is 1.07 bits per heavy atom. The molecule has 0 amide bonds. The highest BCUT2D eigenvalue weighted by Crippen LogP contribution is 2.38. The second-order valence-corrected chi connectivity index (χ2v) is 7.72. The molecule has 152 valence electrons. The molecule has 0 saturated carbocycles. The van der Waals surface area contributed by atoms with Gasteiger partial charge in [0.1, 0.15) is 0 Å². The van der Waals surface area contributed by atoms with Crippen LogP contribution < -0.4 is 9.47 Å². The summed E-state index contributed by atoms with van der Waals surface area (Å²) in [4.78, 5) is 2.42. The van der Waals surface area contributed by atoms with Crippen molar-refractivity contribution < 1.29 is 14.6 Å². The maximum atomic E-state index is 10.6. The lowest BCUT2D eigenvalue weighted by Gasteiger charge is -2.36. The molecule has 3 rings (SSSR count). The quantitative estimate of drug-likeness (QED) is 0.701. The summed E-state index contributed by atoms with van der Waals surface area (Å²) in [5.41, 5.74) is 2.38. The van der Waals surface area contributed by atoms with E-state index in [4.69, 9.17) is 21.1 Å². The first-order valence-electron chi connectivity index (χ1n) is 10.1. The second kappa shape index (κ2) is 10.1. The molecule has 1 N–H and O–H groups in total. The van der Waals surface area contributed by atoms with Crippen molar-refractivity contribution in [1.29, 1.82) is 0 Å². The number of ether oxygens (including phenoxy) is 2. The van der Waals surface area contributed by atoms with Gasteiger partial charge < -0.3 is 14.6 Å². The lowest BCUT2D eigenvalue weighted by atomic mass is 9.88. The van der Waals surface area contributed by atoms with Crippen LogP contribution in [0, 0.1) is 5.92 Å². The SMILES string of the molecule is CCOc1cc(CC2CN(Cc3ccccc3)CCC2O)cc(Cl)c1OCC. The van der Waals surface area contributed by atoms with Crippen LogP contribution in [0.4, 0.5) is 0 Å². The van der Waals surface area contributed by atoms with E-state index in [0.29, 0.717) is 29.7 Å². The van der Waals surface area contributed by atoms with E-state index in [-0.39, 0.29) is 12.0 Å². The normalized spacial score (nSPS) is 20.1. The van der Waals surface area contributed by atoms with Crippen molar-refractivity contribution in [1.82, 2.24) is 4.90 Å². The predicted molar refractivity (Wildman–Crippen MR) is 113 cm³/mol. The predicted octanol–water partition coefficient (Wildman–Crippen LogP) is 4.56. The van der Waals surface area contributed by atoms with E-state index in [2.05, 4.69) is 29.2 Å². The van der Waals surface area contributed by atoms with Crippen LogP contribution in [0.1, 0.15) is 31.4 Å². The van der Waals surface area contributed by atoms with Gasteiger partial charge in [-0.25, -0.2) is 0 Å². The van der Waals surface area contributed by atoms with Crippen LogP contribution >= 0.6 is 11.6 Å². The number of likely N-dealkylation sites (tertiary alicyclic amines) is 1. The van der Waals surface area contributed by atoms with Gasteiger partial charge in [0.25, 0.3) is 0 Å². The molecule has 0 aliphatic carbocycles. The van der Waals surface area contributed by atoms with E-state index >= 15 is 0 Å². The minimum Gasteiger partial charge on any atom is -0.490 e. The number of aliphatic hydroxyl groups excluding tert-OH is 1. The van der Waals surface area contributed by atoms with E-state index in [1.807, 2.05) is 32.0 Å². The molecule has 1 saturated heterocycles. The lowest BCUT2D eigenvalue weighted by Crippen LogP contribution is -2.43. The van der Waals surface area contributed by atoms with E-state index in [0.717, 1.165) is 38.0 Å². The van der Waals surface area contributed by atoms with Crippen LogP contribution in [0.3, 0.4) is 0 Å². The Kier molecular flexibility index (Phi) is 7.60. The summed E-state index contributed by atoms with van der Waals surface area (Å²) in [6, 6.07) is 14.4. The van der Waals surface area contributed by atoms with Gasteiger partial charge in [0.2, 0.25) is 0 Å². The molecular weight excluding hydrogens is 374 g/mol. The summed E-state index contributed by atoms with van der Waals surface area (Å²) >= 11 is 6.46. The molecular formula is C23H30ClNO3. The largest absolute Gasteiger partial charge is 0.490 e. The molecule has 1 fully saturated rings. The minimum atomic E-state index is -0.298. The van der Waals surface area contributed by atoms with Crippen LogP contribution in [-0.2, 0) is 13.0 Å². The zero-order valence-electron chi connectivity index (χ0n) is 16.7. The molecule has 0 aromatic heterocycles. The van der Waals surface area contributed by atoms with E-state index in [9.17, 15) is 5.11 Å². The van der Waals surface area contributed by atoms with Gasteiger partial charge in [-0.1, -0.05) is 41.9 Å². The molecule has 2 atom stereocenters. The van der Waals surface area contributed by atoms with Gasteiger partial charge in [0, 0.05) is 25.6 Å². The standard InChI is InChI=1S/C23H30ClNO3/c1-3-27-22-14-18(13-20(24)23(22)28-4-2)12-19-16-25(11-10-21(19)26)15-17-8-6-5-7-9-17/h5-9,13-14,19,21,26H,3-4,10-12,15-16H2,1-2H3. The summed E-state index contributed by atoms with van der Waals surface area (Å²) in [5.74, 6) is 1.45. The molecule has 2 unspecified atom stereocenters. The topological polar surface area (TPSA) is 41.9 Å². The Morgan fingerprint density at radius 2 is 1.82 bits per heavy atom. The summed E-state index contributed by atoms with van der Waals surface area (Å²) in [5, 5.41) is 11.1. The number of benzene rings is 2. The van der Waals surface area contributed by atoms with Crippen molar-refractivity contribution >= 4 is 11.6 Å². The highest BCUT2D eigenvalue weighted by molar-refractivity contribution is 6.32. The highest BCUT2D eigenvalue weighted by Gasteiger charge is 2.28. The van der Waals surface area contributed by atoms with Gasteiger partial charge in [-0.2, -0.15) is 0 Å². The Balaban J connectivity index is 1.72. The second-order valence-electron chi connectivity index (χ2n) is 7.31. The van der Waals surface area contributed by atoms with E-state index < -0.39 is 0 Å². The van der Waals surface area contributed by atoms with Gasteiger partial charge in [-0.15, -0.1) is 0 Å².